The summed E-state index contributed by atoms with van der Waals surface area (Å²) < 4.78 is 13.3. The smallest absolute Gasteiger partial charge is 0.221 e. The fourth-order valence-corrected chi connectivity index (χ4v) is 2.21. The largest absolute Gasteiger partial charge is 0.355 e. The number of benzene rings is 1. The van der Waals surface area contributed by atoms with Crippen molar-refractivity contribution < 1.29 is 9.18 Å². The monoisotopic (exact) mass is 236 g/mol. The lowest BCUT2D eigenvalue weighted by atomic mass is 9.96. The van der Waals surface area contributed by atoms with E-state index < -0.39 is 0 Å². The second kappa shape index (κ2) is 5.27. The van der Waals surface area contributed by atoms with Gasteiger partial charge in [-0.1, -0.05) is 13.0 Å². The Hall–Kier alpha value is -1.42. The van der Waals surface area contributed by atoms with Crippen LogP contribution >= 0.6 is 0 Å². The van der Waals surface area contributed by atoms with Crippen molar-refractivity contribution in [2.24, 2.45) is 0 Å². The van der Waals surface area contributed by atoms with Crippen LogP contribution in [0, 0.1) is 5.82 Å². The third kappa shape index (κ3) is 2.82. The molecule has 4 heteroatoms. The Bertz CT molecular complexity index is 420. The highest BCUT2D eigenvalue weighted by atomic mass is 19.1. The van der Waals surface area contributed by atoms with Crippen molar-refractivity contribution in [3.8, 4) is 0 Å². The SMILES string of the molecule is CCc1ccc(F)cc1C1CC(=O)NCCN1. The molecular formula is C13H17FN2O. The Balaban J connectivity index is 2.30. The molecule has 1 saturated heterocycles. The van der Waals surface area contributed by atoms with Gasteiger partial charge in [-0.25, -0.2) is 4.39 Å². The summed E-state index contributed by atoms with van der Waals surface area (Å²) in [6.45, 7) is 3.38. The van der Waals surface area contributed by atoms with Crippen molar-refractivity contribution >= 4 is 5.91 Å². The minimum absolute atomic E-state index is 0.0197. The summed E-state index contributed by atoms with van der Waals surface area (Å²) in [6.07, 6.45) is 1.21. The van der Waals surface area contributed by atoms with Crippen molar-refractivity contribution in [1.29, 1.82) is 0 Å². The van der Waals surface area contributed by atoms with Crippen LogP contribution in [0.25, 0.3) is 0 Å². The lowest BCUT2D eigenvalue weighted by Gasteiger charge is -2.18. The summed E-state index contributed by atoms with van der Waals surface area (Å²) in [5.74, 6) is -0.227. The number of carbonyl (C=O) groups excluding carboxylic acids is 1. The van der Waals surface area contributed by atoms with Gasteiger partial charge in [0.2, 0.25) is 5.91 Å². The lowest BCUT2D eigenvalue weighted by Crippen LogP contribution is -2.25. The Labute approximate surface area is 100 Å². The highest BCUT2D eigenvalue weighted by molar-refractivity contribution is 5.77. The molecule has 0 bridgehead atoms. The number of aryl methyl sites for hydroxylation is 1. The Kier molecular flexibility index (Phi) is 3.74. The summed E-state index contributed by atoms with van der Waals surface area (Å²) >= 11 is 0. The van der Waals surface area contributed by atoms with Gasteiger partial charge in [0.25, 0.3) is 0 Å². The number of rotatable bonds is 2. The van der Waals surface area contributed by atoms with E-state index in [9.17, 15) is 9.18 Å². The maximum Gasteiger partial charge on any atom is 0.221 e. The molecule has 1 aromatic carbocycles. The molecule has 1 atom stereocenters. The molecular weight excluding hydrogens is 219 g/mol. The molecule has 0 aliphatic carbocycles. The molecule has 0 aromatic heterocycles. The van der Waals surface area contributed by atoms with E-state index in [2.05, 4.69) is 10.6 Å². The highest BCUT2D eigenvalue weighted by Gasteiger charge is 2.20. The van der Waals surface area contributed by atoms with Crippen molar-refractivity contribution in [2.45, 2.75) is 25.8 Å². The molecule has 1 aliphatic heterocycles. The van der Waals surface area contributed by atoms with E-state index in [1.807, 2.05) is 6.92 Å². The van der Waals surface area contributed by atoms with Crippen LogP contribution < -0.4 is 10.6 Å². The van der Waals surface area contributed by atoms with Crippen LogP contribution in [0.15, 0.2) is 18.2 Å². The first-order valence-electron chi connectivity index (χ1n) is 5.99. The number of carbonyl (C=O) groups is 1. The standard InChI is InChI=1S/C13H17FN2O/c1-2-9-3-4-10(14)7-11(9)12-8-13(17)16-6-5-15-12/h3-4,7,12,15H,2,5-6,8H2,1H3,(H,16,17). The average Bonchev–Trinajstić information content (AvgIpc) is 2.54. The number of hydrogen-bond acceptors (Lipinski definition) is 2. The zero-order valence-corrected chi connectivity index (χ0v) is 9.92. The van der Waals surface area contributed by atoms with Gasteiger partial charge in [0, 0.05) is 25.6 Å². The van der Waals surface area contributed by atoms with Crippen molar-refractivity contribution in [2.75, 3.05) is 13.1 Å². The number of amides is 1. The Morgan fingerprint density at radius 1 is 1.41 bits per heavy atom. The molecule has 0 spiro atoms. The molecule has 92 valence electrons. The molecule has 17 heavy (non-hydrogen) atoms. The van der Waals surface area contributed by atoms with E-state index in [-0.39, 0.29) is 17.8 Å². The molecule has 1 heterocycles. The van der Waals surface area contributed by atoms with Crippen molar-refractivity contribution in [3.05, 3.63) is 35.1 Å². The molecule has 3 nitrogen and oxygen atoms in total. The van der Waals surface area contributed by atoms with Gasteiger partial charge >= 0.3 is 0 Å². The van der Waals surface area contributed by atoms with Gasteiger partial charge in [0.15, 0.2) is 0 Å². The fraction of sp³-hybridized carbons (Fsp3) is 0.462. The minimum Gasteiger partial charge on any atom is -0.355 e. The zero-order chi connectivity index (χ0) is 12.3. The summed E-state index contributed by atoms with van der Waals surface area (Å²) in [6, 6.07) is 4.73. The highest BCUT2D eigenvalue weighted by Crippen LogP contribution is 2.23. The predicted molar refractivity (Wildman–Crippen MR) is 64.1 cm³/mol. The summed E-state index contributed by atoms with van der Waals surface area (Å²) in [5, 5.41) is 6.08. The Morgan fingerprint density at radius 2 is 2.24 bits per heavy atom. The van der Waals surface area contributed by atoms with Crippen molar-refractivity contribution in [1.82, 2.24) is 10.6 Å². The Morgan fingerprint density at radius 3 is 3.00 bits per heavy atom. The normalized spacial score (nSPS) is 20.8. The third-order valence-corrected chi connectivity index (χ3v) is 3.09. The summed E-state index contributed by atoms with van der Waals surface area (Å²) in [7, 11) is 0. The second-order valence-corrected chi connectivity index (χ2v) is 4.26. The molecule has 1 aromatic rings. The van der Waals surface area contributed by atoms with Gasteiger partial charge < -0.3 is 10.6 Å². The van der Waals surface area contributed by atoms with E-state index in [4.69, 9.17) is 0 Å². The number of halogens is 1. The molecule has 1 fully saturated rings. The molecule has 2 N–H and O–H groups in total. The van der Waals surface area contributed by atoms with Gasteiger partial charge in [-0.05, 0) is 29.7 Å². The maximum atomic E-state index is 13.3. The van der Waals surface area contributed by atoms with Gasteiger partial charge in [0.1, 0.15) is 5.82 Å². The van der Waals surface area contributed by atoms with Crippen LogP contribution in [-0.2, 0) is 11.2 Å². The lowest BCUT2D eigenvalue weighted by molar-refractivity contribution is -0.121. The van der Waals surface area contributed by atoms with Gasteiger partial charge in [0.05, 0.1) is 0 Å². The van der Waals surface area contributed by atoms with E-state index in [1.54, 1.807) is 6.07 Å². The molecule has 0 saturated carbocycles. The number of nitrogens with one attached hydrogen (secondary N) is 2. The van der Waals surface area contributed by atoms with Gasteiger partial charge in [-0.15, -0.1) is 0 Å². The number of hydrogen-bond donors (Lipinski definition) is 2. The van der Waals surface area contributed by atoms with Crippen LogP contribution in [0.5, 0.6) is 0 Å². The van der Waals surface area contributed by atoms with Crippen LogP contribution in [0.2, 0.25) is 0 Å². The van der Waals surface area contributed by atoms with Crippen LogP contribution in [-0.4, -0.2) is 19.0 Å². The third-order valence-electron chi connectivity index (χ3n) is 3.09. The van der Waals surface area contributed by atoms with Crippen LogP contribution in [0.1, 0.15) is 30.5 Å². The second-order valence-electron chi connectivity index (χ2n) is 4.26. The van der Waals surface area contributed by atoms with E-state index in [0.717, 1.165) is 24.1 Å². The molecule has 1 aliphatic rings. The van der Waals surface area contributed by atoms with Crippen LogP contribution in [0.3, 0.4) is 0 Å². The molecule has 1 amide bonds. The molecule has 1 unspecified atom stereocenters. The fourth-order valence-electron chi connectivity index (χ4n) is 2.21. The summed E-state index contributed by atoms with van der Waals surface area (Å²) in [5.41, 5.74) is 2.00. The maximum absolute atomic E-state index is 13.3. The summed E-state index contributed by atoms with van der Waals surface area (Å²) in [4.78, 5) is 11.5. The van der Waals surface area contributed by atoms with Gasteiger partial charge in [-0.2, -0.15) is 0 Å². The van der Waals surface area contributed by atoms with E-state index in [1.165, 1.54) is 12.1 Å². The van der Waals surface area contributed by atoms with Crippen molar-refractivity contribution in [3.63, 3.8) is 0 Å². The first kappa shape index (κ1) is 12.0. The molecule has 2 rings (SSSR count). The van der Waals surface area contributed by atoms with E-state index in [0.29, 0.717) is 13.0 Å². The first-order chi connectivity index (χ1) is 8.20. The minimum atomic E-state index is -0.247. The van der Waals surface area contributed by atoms with E-state index >= 15 is 0 Å². The topological polar surface area (TPSA) is 41.1 Å². The first-order valence-corrected chi connectivity index (χ1v) is 5.99. The molecule has 0 radical (unpaired) electrons. The quantitative estimate of drug-likeness (QED) is 0.817. The van der Waals surface area contributed by atoms with Gasteiger partial charge in [-0.3, -0.25) is 4.79 Å². The van der Waals surface area contributed by atoms with Crippen LogP contribution in [0.4, 0.5) is 4.39 Å². The zero-order valence-electron chi connectivity index (χ0n) is 9.92. The average molecular weight is 236 g/mol. The predicted octanol–water partition coefficient (Wildman–Crippen LogP) is 1.54.